The van der Waals surface area contributed by atoms with Crippen molar-refractivity contribution in [1.29, 1.82) is 21.0 Å². The van der Waals surface area contributed by atoms with Gasteiger partial charge in [-0.05, 0) is 60.7 Å². The average Bonchev–Trinajstić information content (AvgIpc) is 3.64. The Kier molecular flexibility index (Phi) is 6.30. The predicted octanol–water partition coefficient (Wildman–Crippen LogP) is 6.35. The smallest absolute Gasteiger partial charge is 0.131 e. The van der Waals surface area contributed by atoms with Crippen LogP contribution in [-0.4, -0.2) is 9.13 Å². The van der Waals surface area contributed by atoms with Crippen LogP contribution in [0.2, 0.25) is 0 Å². The van der Waals surface area contributed by atoms with Crippen LogP contribution in [0, 0.1) is 45.3 Å². The third-order valence-corrected chi connectivity index (χ3v) is 7.76. The number of allylic oxidation sites excluding steroid dienone is 2. The number of nitrogens with zero attached hydrogens (tertiary/aromatic N) is 6. The zero-order valence-corrected chi connectivity index (χ0v) is 19.9. The first-order valence-electron chi connectivity index (χ1n) is 10.0. The maximum absolute atomic E-state index is 9.02. The highest BCUT2D eigenvalue weighted by Crippen LogP contribution is 2.41. The Morgan fingerprint density at radius 2 is 0.941 bits per heavy atom. The topological polar surface area (TPSA) is 105 Å². The standard InChI is InChI=1S/C26H16N6S2/c1-31-19(11-17(13-27)14-28)3-5-21(31)23-7-9-25(33-23)26-10-8-24(34-26)22-6-4-20(32(22)2)12-18(15-29)16-30/h3-12H,1-2H3. The number of aromatic nitrogens is 2. The third kappa shape index (κ3) is 4.20. The molecule has 0 saturated carbocycles. The maximum atomic E-state index is 9.02. The Hall–Kier alpha value is -4.60. The maximum Gasteiger partial charge on any atom is 0.131 e. The van der Waals surface area contributed by atoms with Crippen molar-refractivity contribution in [2.45, 2.75) is 0 Å². The molecule has 0 unspecified atom stereocenters. The van der Waals surface area contributed by atoms with Crippen LogP contribution < -0.4 is 0 Å². The summed E-state index contributed by atoms with van der Waals surface area (Å²) in [5, 5.41) is 36.1. The summed E-state index contributed by atoms with van der Waals surface area (Å²) in [6, 6.07) is 23.7. The summed E-state index contributed by atoms with van der Waals surface area (Å²) in [5.41, 5.74) is 3.76. The van der Waals surface area contributed by atoms with Crippen molar-refractivity contribution >= 4 is 34.8 Å². The molecule has 0 aromatic carbocycles. The molecule has 0 atom stereocenters. The first-order valence-corrected chi connectivity index (χ1v) is 11.7. The van der Waals surface area contributed by atoms with Gasteiger partial charge in [0, 0.05) is 35.2 Å². The zero-order valence-electron chi connectivity index (χ0n) is 18.3. The van der Waals surface area contributed by atoms with Crippen molar-refractivity contribution in [2.75, 3.05) is 0 Å². The molecule has 0 fully saturated rings. The molecule has 0 radical (unpaired) electrons. The lowest BCUT2D eigenvalue weighted by molar-refractivity contribution is 0.926. The normalized spacial score (nSPS) is 9.94. The molecule has 6 nitrogen and oxygen atoms in total. The lowest BCUT2D eigenvalue weighted by Crippen LogP contribution is -1.93. The number of hydrogen-bond donors (Lipinski definition) is 0. The second kappa shape index (κ2) is 9.49. The number of rotatable bonds is 5. The van der Waals surface area contributed by atoms with E-state index in [-0.39, 0.29) is 11.1 Å². The Morgan fingerprint density at radius 1 is 0.588 bits per heavy atom. The van der Waals surface area contributed by atoms with Gasteiger partial charge in [-0.3, -0.25) is 0 Å². The molecule has 162 valence electrons. The molecule has 0 aliphatic carbocycles. The minimum absolute atomic E-state index is 0.0709. The molecule has 0 N–H and O–H groups in total. The summed E-state index contributed by atoms with van der Waals surface area (Å²) in [6.07, 6.45) is 3.17. The second-order valence-electron chi connectivity index (χ2n) is 7.30. The van der Waals surface area contributed by atoms with Gasteiger partial charge in [-0.15, -0.1) is 22.7 Å². The van der Waals surface area contributed by atoms with Crippen molar-refractivity contribution in [3.8, 4) is 55.2 Å². The highest BCUT2D eigenvalue weighted by atomic mass is 32.1. The molecular formula is C26H16N6S2. The Balaban J connectivity index is 1.62. The zero-order chi connectivity index (χ0) is 24.2. The fourth-order valence-corrected chi connectivity index (χ4v) is 5.75. The molecule has 0 aliphatic heterocycles. The number of thiophene rings is 2. The van der Waals surface area contributed by atoms with E-state index < -0.39 is 0 Å². The first-order chi connectivity index (χ1) is 16.5. The monoisotopic (exact) mass is 476 g/mol. The van der Waals surface area contributed by atoms with E-state index in [0.29, 0.717) is 0 Å². The van der Waals surface area contributed by atoms with Crippen LogP contribution in [0.1, 0.15) is 11.4 Å². The molecule has 0 saturated heterocycles. The molecule has 4 aromatic heterocycles. The van der Waals surface area contributed by atoms with Crippen LogP contribution in [0.3, 0.4) is 0 Å². The Morgan fingerprint density at radius 3 is 1.29 bits per heavy atom. The van der Waals surface area contributed by atoms with Gasteiger partial charge in [0.1, 0.15) is 35.4 Å². The van der Waals surface area contributed by atoms with Crippen LogP contribution in [-0.2, 0) is 14.1 Å². The average molecular weight is 477 g/mol. The van der Waals surface area contributed by atoms with Crippen LogP contribution >= 0.6 is 22.7 Å². The van der Waals surface area contributed by atoms with Gasteiger partial charge in [-0.25, -0.2) is 0 Å². The third-order valence-electron chi connectivity index (χ3n) is 5.35. The van der Waals surface area contributed by atoms with E-state index in [9.17, 15) is 0 Å². The minimum atomic E-state index is 0.0709. The van der Waals surface area contributed by atoms with E-state index in [1.807, 2.05) is 71.8 Å². The Labute approximate surface area is 205 Å². The van der Waals surface area contributed by atoms with E-state index in [4.69, 9.17) is 21.0 Å². The molecule has 4 rings (SSSR count). The largest absolute Gasteiger partial charge is 0.343 e. The highest BCUT2D eigenvalue weighted by Gasteiger charge is 2.14. The lowest BCUT2D eigenvalue weighted by atomic mass is 10.2. The van der Waals surface area contributed by atoms with Gasteiger partial charge >= 0.3 is 0 Å². The van der Waals surface area contributed by atoms with Crippen LogP contribution in [0.4, 0.5) is 0 Å². The van der Waals surface area contributed by atoms with Crippen LogP contribution in [0.5, 0.6) is 0 Å². The van der Waals surface area contributed by atoms with Crippen molar-refractivity contribution < 1.29 is 0 Å². The molecule has 0 aliphatic rings. The Bertz CT molecular complexity index is 1470. The molecule has 0 amide bonds. The van der Waals surface area contributed by atoms with Crippen molar-refractivity contribution in [2.24, 2.45) is 14.1 Å². The summed E-state index contributed by atoms with van der Waals surface area (Å²) in [6.45, 7) is 0. The van der Waals surface area contributed by atoms with E-state index in [1.165, 1.54) is 0 Å². The summed E-state index contributed by atoms with van der Waals surface area (Å²) in [7, 11) is 3.84. The quantitative estimate of drug-likeness (QED) is 0.313. The summed E-state index contributed by atoms with van der Waals surface area (Å²) >= 11 is 3.36. The first kappa shape index (κ1) is 22.6. The molecule has 4 heterocycles. The fourth-order valence-electron chi connectivity index (χ4n) is 3.53. The van der Waals surface area contributed by atoms with Gasteiger partial charge in [0.2, 0.25) is 0 Å². The van der Waals surface area contributed by atoms with Gasteiger partial charge in [-0.2, -0.15) is 21.0 Å². The van der Waals surface area contributed by atoms with Crippen LogP contribution in [0.25, 0.3) is 43.0 Å². The van der Waals surface area contributed by atoms with Crippen molar-refractivity contribution in [3.05, 3.63) is 71.1 Å². The molecule has 8 heteroatoms. The minimum Gasteiger partial charge on any atom is -0.343 e. The molecular weight excluding hydrogens is 460 g/mol. The molecule has 4 aromatic rings. The second-order valence-corrected chi connectivity index (χ2v) is 9.46. The number of nitriles is 4. The van der Waals surface area contributed by atoms with E-state index in [1.54, 1.807) is 34.8 Å². The number of hydrogen-bond acceptors (Lipinski definition) is 6. The lowest BCUT2D eigenvalue weighted by Gasteiger charge is -2.03. The van der Waals surface area contributed by atoms with Crippen molar-refractivity contribution in [3.63, 3.8) is 0 Å². The predicted molar refractivity (Wildman–Crippen MR) is 135 cm³/mol. The van der Waals surface area contributed by atoms with E-state index >= 15 is 0 Å². The van der Waals surface area contributed by atoms with Gasteiger partial charge in [0.15, 0.2) is 0 Å². The van der Waals surface area contributed by atoms with E-state index in [0.717, 1.165) is 42.3 Å². The van der Waals surface area contributed by atoms with Crippen molar-refractivity contribution in [1.82, 2.24) is 9.13 Å². The molecule has 0 spiro atoms. The fraction of sp³-hybridized carbons (Fsp3) is 0.0769. The van der Waals surface area contributed by atoms with Crippen LogP contribution in [0.15, 0.2) is 59.7 Å². The van der Waals surface area contributed by atoms with Gasteiger partial charge in [-0.1, -0.05) is 0 Å². The van der Waals surface area contributed by atoms with Gasteiger partial charge in [0.05, 0.1) is 21.1 Å². The van der Waals surface area contributed by atoms with Gasteiger partial charge < -0.3 is 9.13 Å². The SMILES string of the molecule is Cn1c(C=C(C#N)C#N)ccc1-c1ccc(-c2ccc(-c3ccc(C=C(C#N)C#N)n3C)s2)s1. The highest BCUT2D eigenvalue weighted by molar-refractivity contribution is 7.25. The van der Waals surface area contributed by atoms with E-state index in [2.05, 4.69) is 24.3 Å². The summed E-state index contributed by atoms with van der Waals surface area (Å²) < 4.78 is 3.94. The summed E-state index contributed by atoms with van der Waals surface area (Å²) in [5.74, 6) is 0. The molecule has 0 bridgehead atoms. The molecule has 34 heavy (non-hydrogen) atoms. The van der Waals surface area contributed by atoms with Gasteiger partial charge in [0.25, 0.3) is 0 Å². The summed E-state index contributed by atoms with van der Waals surface area (Å²) in [4.78, 5) is 4.47.